The first-order valence-corrected chi connectivity index (χ1v) is 10.7. The molecule has 0 aliphatic heterocycles. The Morgan fingerprint density at radius 3 is 2.19 bits per heavy atom. The van der Waals surface area contributed by atoms with Gasteiger partial charge in [-0.3, -0.25) is 9.59 Å². The van der Waals surface area contributed by atoms with Gasteiger partial charge in [-0.25, -0.2) is 4.68 Å². The van der Waals surface area contributed by atoms with E-state index in [4.69, 9.17) is 11.6 Å². The van der Waals surface area contributed by atoms with Gasteiger partial charge in [-0.2, -0.15) is 5.10 Å². The van der Waals surface area contributed by atoms with Gasteiger partial charge in [0.05, 0.1) is 5.69 Å². The minimum Gasteiger partial charge on any atom is -0.322 e. The van der Waals surface area contributed by atoms with Gasteiger partial charge in [-0.05, 0) is 37.1 Å². The van der Waals surface area contributed by atoms with E-state index in [2.05, 4.69) is 10.4 Å². The molecule has 1 N–H and O–H groups in total. The standard InChI is InChI=1S/C26H22ClN3O2/c1-3-30-26(32)23(25(31)28-21-16-10-15-20(27)17(21)2)22(18-11-6-4-7-12-18)24(29-30)19-13-8-5-9-14-19/h4-16H,3H2,1-2H3,(H,28,31). The number of benzene rings is 3. The van der Waals surface area contributed by atoms with Gasteiger partial charge in [0.25, 0.3) is 11.5 Å². The highest BCUT2D eigenvalue weighted by Gasteiger charge is 2.25. The quantitative estimate of drug-likeness (QED) is 0.423. The molecule has 1 aromatic heterocycles. The summed E-state index contributed by atoms with van der Waals surface area (Å²) in [7, 11) is 0. The molecule has 5 nitrogen and oxygen atoms in total. The van der Waals surface area contributed by atoms with Crippen molar-refractivity contribution in [3.63, 3.8) is 0 Å². The molecule has 0 bridgehead atoms. The Kier molecular flexibility index (Phi) is 6.19. The molecule has 0 unspecified atom stereocenters. The van der Waals surface area contributed by atoms with Crippen LogP contribution in [-0.2, 0) is 6.54 Å². The number of anilines is 1. The molecule has 3 aromatic carbocycles. The molecule has 4 rings (SSSR count). The van der Waals surface area contributed by atoms with Crippen LogP contribution in [-0.4, -0.2) is 15.7 Å². The van der Waals surface area contributed by atoms with Gasteiger partial charge in [-0.1, -0.05) is 78.3 Å². The van der Waals surface area contributed by atoms with Gasteiger partial charge in [0.2, 0.25) is 0 Å². The molecule has 0 radical (unpaired) electrons. The molecule has 0 saturated carbocycles. The van der Waals surface area contributed by atoms with Crippen LogP contribution in [0.15, 0.2) is 83.7 Å². The third-order valence-corrected chi connectivity index (χ3v) is 5.72. The maximum Gasteiger partial charge on any atom is 0.280 e. The van der Waals surface area contributed by atoms with Gasteiger partial charge >= 0.3 is 0 Å². The molecule has 6 heteroatoms. The Morgan fingerprint density at radius 1 is 0.938 bits per heavy atom. The van der Waals surface area contributed by atoms with Crippen molar-refractivity contribution in [3.8, 4) is 22.4 Å². The fraction of sp³-hybridized carbons (Fsp3) is 0.115. The van der Waals surface area contributed by atoms with Gasteiger partial charge < -0.3 is 5.32 Å². The number of rotatable bonds is 5. The lowest BCUT2D eigenvalue weighted by Gasteiger charge is -2.17. The highest BCUT2D eigenvalue weighted by atomic mass is 35.5. The predicted molar refractivity (Wildman–Crippen MR) is 129 cm³/mol. The van der Waals surface area contributed by atoms with Crippen LogP contribution in [0.3, 0.4) is 0 Å². The number of carbonyl (C=O) groups excluding carboxylic acids is 1. The van der Waals surface area contributed by atoms with E-state index in [1.165, 1.54) is 4.68 Å². The molecule has 4 aromatic rings. The predicted octanol–water partition coefficient (Wildman–Crippen LogP) is 5.81. The van der Waals surface area contributed by atoms with Crippen LogP contribution in [0.4, 0.5) is 5.69 Å². The molecule has 0 aliphatic rings. The Bertz CT molecular complexity index is 1330. The zero-order chi connectivity index (χ0) is 22.7. The molecular formula is C26H22ClN3O2. The fourth-order valence-corrected chi connectivity index (χ4v) is 3.78. The van der Waals surface area contributed by atoms with Crippen LogP contribution in [0, 0.1) is 6.92 Å². The third kappa shape index (κ3) is 4.07. The van der Waals surface area contributed by atoms with E-state index < -0.39 is 11.5 Å². The minimum absolute atomic E-state index is 0.0475. The number of nitrogens with zero attached hydrogens (tertiary/aromatic N) is 2. The number of nitrogens with one attached hydrogen (secondary N) is 1. The normalized spacial score (nSPS) is 10.7. The summed E-state index contributed by atoms with van der Waals surface area (Å²) in [5, 5.41) is 8.04. The number of carbonyl (C=O) groups is 1. The van der Waals surface area contributed by atoms with Crippen LogP contribution in [0.2, 0.25) is 5.02 Å². The van der Waals surface area contributed by atoms with E-state index in [1.807, 2.05) is 74.5 Å². The van der Waals surface area contributed by atoms with E-state index in [-0.39, 0.29) is 5.56 Å². The fourth-order valence-electron chi connectivity index (χ4n) is 3.61. The van der Waals surface area contributed by atoms with Crippen molar-refractivity contribution in [2.24, 2.45) is 0 Å². The Hall–Kier alpha value is -3.70. The topological polar surface area (TPSA) is 64.0 Å². The first-order chi connectivity index (χ1) is 15.5. The average molecular weight is 444 g/mol. The van der Waals surface area contributed by atoms with Crippen molar-refractivity contribution in [1.82, 2.24) is 9.78 Å². The lowest BCUT2D eigenvalue weighted by Crippen LogP contribution is -2.32. The lowest BCUT2D eigenvalue weighted by atomic mass is 9.95. The number of hydrogen-bond acceptors (Lipinski definition) is 3. The summed E-state index contributed by atoms with van der Waals surface area (Å²) in [6.45, 7) is 3.99. The van der Waals surface area contributed by atoms with Crippen molar-refractivity contribution in [1.29, 1.82) is 0 Å². The average Bonchev–Trinajstić information content (AvgIpc) is 2.82. The summed E-state index contributed by atoms with van der Waals surface area (Å²) in [6.07, 6.45) is 0. The zero-order valence-electron chi connectivity index (χ0n) is 17.8. The molecule has 1 amide bonds. The Labute approximate surface area is 191 Å². The van der Waals surface area contributed by atoms with Crippen molar-refractivity contribution >= 4 is 23.2 Å². The van der Waals surface area contributed by atoms with Crippen molar-refractivity contribution in [3.05, 3.63) is 105 Å². The Morgan fingerprint density at radius 2 is 1.56 bits per heavy atom. The number of hydrogen-bond donors (Lipinski definition) is 1. The number of aryl methyl sites for hydroxylation is 1. The summed E-state index contributed by atoms with van der Waals surface area (Å²) in [6, 6.07) is 24.2. The lowest BCUT2D eigenvalue weighted by molar-refractivity contribution is 0.102. The molecule has 0 atom stereocenters. The first kappa shape index (κ1) is 21.5. The summed E-state index contributed by atoms with van der Waals surface area (Å²) in [5.74, 6) is -0.499. The monoisotopic (exact) mass is 443 g/mol. The van der Waals surface area contributed by atoms with E-state index in [0.29, 0.717) is 28.5 Å². The maximum absolute atomic E-state index is 13.5. The van der Waals surface area contributed by atoms with Gasteiger partial charge in [-0.15, -0.1) is 0 Å². The summed E-state index contributed by atoms with van der Waals surface area (Å²) in [5.41, 5.74) is 3.54. The molecule has 32 heavy (non-hydrogen) atoms. The summed E-state index contributed by atoms with van der Waals surface area (Å²) in [4.78, 5) is 26.9. The van der Waals surface area contributed by atoms with Gasteiger partial charge in [0.15, 0.2) is 0 Å². The maximum atomic E-state index is 13.5. The van der Waals surface area contributed by atoms with E-state index in [9.17, 15) is 9.59 Å². The second-order valence-electron chi connectivity index (χ2n) is 7.32. The van der Waals surface area contributed by atoms with Crippen molar-refractivity contribution in [2.45, 2.75) is 20.4 Å². The second-order valence-corrected chi connectivity index (χ2v) is 7.73. The number of amides is 1. The van der Waals surface area contributed by atoms with Crippen LogP contribution in [0.25, 0.3) is 22.4 Å². The minimum atomic E-state index is -0.499. The molecule has 0 aliphatic carbocycles. The van der Waals surface area contributed by atoms with Crippen LogP contribution in [0.1, 0.15) is 22.8 Å². The SMILES string of the molecule is CCn1nc(-c2ccccc2)c(-c2ccccc2)c(C(=O)Nc2cccc(Cl)c2C)c1=O. The molecule has 0 fully saturated rings. The largest absolute Gasteiger partial charge is 0.322 e. The second kappa shape index (κ2) is 9.20. The summed E-state index contributed by atoms with van der Waals surface area (Å²) < 4.78 is 1.33. The van der Waals surface area contributed by atoms with Gasteiger partial charge in [0.1, 0.15) is 5.56 Å². The van der Waals surface area contributed by atoms with Crippen LogP contribution < -0.4 is 10.9 Å². The molecule has 160 valence electrons. The molecule has 0 saturated heterocycles. The first-order valence-electron chi connectivity index (χ1n) is 10.3. The molecule has 1 heterocycles. The van der Waals surface area contributed by atoms with Crippen LogP contribution in [0.5, 0.6) is 0 Å². The molecule has 0 spiro atoms. The number of halogens is 1. The van der Waals surface area contributed by atoms with Crippen molar-refractivity contribution in [2.75, 3.05) is 5.32 Å². The smallest absolute Gasteiger partial charge is 0.280 e. The highest BCUT2D eigenvalue weighted by molar-refractivity contribution is 6.31. The molecular weight excluding hydrogens is 422 g/mol. The van der Waals surface area contributed by atoms with E-state index in [1.54, 1.807) is 18.2 Å². The van der Waals surface area contributed by atoms with Crippen molar-refractivity contribution < 1.29 is 4.79 Å². The van der Waals surface area contributed by atoms with E-state index in [0.717, 1.165) is 16.7 Å². The Balaban J connectivity index is 1.99. The summed E-state index contributed by atoms with van der Waals surface area (Å²) >= 11 is 6.23. The third-order valence-electron chi connectivity index (χ3n) is 5.31. The number of aromatic nitrogens is 2. The van der Waals surface area contributed by atoms with Crippen LogP contribution >= 0.6 is 11.6 Å². The highest BCUT2D eigenvalue weighted by Crippen LogP contribution is 2.33. The zero-order valence-corrected chi connectivity index (χ0v) is 18.6. The van der Waals surface area contributed by atoms with E-state index >= 15 is 0 Å². The van der Waals surface area contributed by atoms with Gasteiger partial charge in [0, 0.05) is 28.4 Å².